The molecule has 0 saturated carbocycles. The van der Waals surface area contributed by atoms with E-state index < -0.39 is 0 Å². The van der Waals surface area contributed by atoms with Crippen LogP contribution in [0.5, 0.6) is 5.75 Å². The van der Waals surface area contributed by atoms with Crippen LogP contribution in [0.15, 0.2) is 18.2 Å². The van der Waals surface area contributed by atoms with Gasteiger partial charge in [0.15, 0.2) is 0 Å². The molecule has 1 aromatic carbocycles. The number of hydrogen-bond donors (Lipinski definition) is 1. The predicted octanol–water partition coefficient (Wildman–Crippen LogP) is 1.41. The molecule has 0 fully saturated rings. The molecule has 0 aliphatic rings. The predicted molar refractivity (Wildman–Crippen MR) is 43.5 cm³/mol. The van der Waals surface area contributed by atoms with Crippen LogP contribution in [0.1, 0.15) is 11.1 Å². The van der Waals surface area contributed by atoms with E-state index in [9.17, 15) is 0 Å². The third kappa shape index (κ3) is 1.74. The van der Waals surface area contributed by atoms with Gasteiger partial charge in [-0.05, 0) is 17.7 Å². The van der Waals surface area contributed by atoms with Gasteiger partial charge in [-0.2, -0.15) is 5.26 Å². The molecule has 3 nitrogen and oxygen atoms in total. The van der Waals surface area contributed by atoms with E-state index >= 15 is 0 Å². The Kier molecular flexibility index (Phi) is 2.67. The molecule has 3 heteroatoms. The Balaban J connectivity index is 3.05. The van der Waals surface area contributed by atoms with E-state index in [1.165, 1.54) is 12.1 Å². The molecule has 1 rings (SSSR count). The number of benzene rings is 1. The van der Waals surface area contributed by atoms with Crippen LogP contribution in [0.3, 0.4) is 0 Å². The Morgan fingerprint density at radius 3 is 2.92 bits per heavy atom. The average Bonchev–Trinajstić information content (AvgIpc) is 2.08. The number of ether oxygens (including phenoxy) is 1. The van der Waals surface area contributed by atoms with Crippen molar-refractivity contribution < 1.29 is 9.84 Å². The Morgan fingerprint density at radius 1 is 1.58 bits per heavy atom. The van der Waals surface area contributed by atoms with Gasteiger partial charge in [-0.25, -0.2) is 0 Å². The molecule has 62 valence electrons. The summed E-state index contributed by atoms with van der Waals surface area (Å²) in [4.78, 5) is 0. The molecule has 0 heterocycles. The fourth-order valence-electron chi connectivity index (χ4n) is 0.950. The average molecular weight is 163 g/mol. The van der Waals surface area contributed by atoms with E-state index in [0.717, 1.165) is 5.56 Å². The summed E-state index contributed by atoms with van der Waals surface area (Å²) in [7, 11) is 1.56. The van der Waals surface area contributed by atoms with Crippen LogP contribution in [0, 0.1) is 11.3 Å². The number of nitriles is 1. The summed E-state index contributed by atoms with van der Waals surface area (Å²) in [5, 5.41) is 17.7. The summed E-state index contributed by atoms with van der Waals surface area (Å²) in [5.74, 6) is 0.103. The molecule has 0 radical (unpaired) electrons. The maximum Gasteiger partial charge on any atom is 0.116 e. The Hall–Kier alpha value is -1.53. The normalized spacial score (nSPS) is 9.33. The molecular formula is C9H9NO2. The van der Waals surface area contributed by atoms with E-state index in [-0.39, 0.29) is 5.75 Å². The van der Waals surface area contributed by atoms with Crippen LogP contribution in [0.25, 0.3) is 0 Å². The van der Waals surface area contributed by atoms with Crippen molar-refractivity contribution in [2.24, 2.45) is 0 Å². The monoisotopic (exact) mass is 163 g/mol. The van der Waals surface area contributed by atoms with Gasteiger partial charge in [-0.3, -0.25) is 0 Å². The minimum Gasteiger partial charge on any atom is -0.508 e. The van der Waals surface area contributed by atoms with Crippen LogP contribution in [-0.4, -0.2) is 12.2 Å². The highest BCUT2D eigenvalue weighted by atomic mass is 16.5. The highest BCUT2D eigenvalue weighted by Crippen LogP contribution is 2.16. The van der Waals surface area contributed by atoms with Gasteiger partial charge in [-0.15, -0.1) is 0 Å². The number of rotatable bonds is 2. The molecule has 0 amide bonds. The van der Waals surface area contributed by atoms with Crippen LogP contribution < -0.4 is 0 Å². The number of methoxy groups -OCH3 is 1. The molecule has 0 atom stereocenters. The number of phenols is 1. The number of hydrogen-bond acceptors (Lipinski definition) is 3. The van der Waals surface area contributed by atoms with Crippen molar-refractivity contribution in [3.05, 3.63) is 29.3 Å². The molecule has 0 spiro atoms. The topological polar surface area (TPSA) is 53.2 Å². The Morgan fingerprint density at radius 2 is 2.33 bits per heavy atom. The van der Waals surface area contributed by atoms with Crippen molar-refractivity contribution in [2.75, 3.05) is 7.11 Å². The first kappa shape index (κ1) is 8.57. The molecule has 0 saturated heterocycles. The van der Waals surface area contributed by atoms with Gasteiger partial charge in [0.25, 0.3) is 0 Å². The van der Waals surface area contributed by atoms with Crippen molar-refractivity contribution in [3.8, 4) is 11.8 Å². The molecule has 1 N–H and O–H groups in total. The van der Waals surface area contributed by atoms with E-state index in [0.29, 0.717) is 12.2 Å². The zero-order valence-electron chi connectivity index (χ0n) is 6.74. The standard InChI is InChI=1S/C9H9NO2/c1-12-6-7-2-3-9(11)4-8(7)5-10/h2-4,11H,6H2,1H3. The lowest BCUT2D eigenvalue weighted by molar-refractivity contribution is 0.184. The largest absolute Gasteiger partial charge is 0.508 e. The maximum atomic E-state index is 9.04. The summed E-state index contributed by atoms with van der Waals surface area (Å²) in [6.07, 6.45) is 0. The molecule has 0 aromatic heterocycles. The second-order valence-corrected chi connectivity index (χ2v) is 2.39. The summed E-state index contributed by atoms with van der Waals surface area (Å²) in [5.41, 5.74) is 1.25. The van der Waals surface area contributed by atoms with Crippen molar-refractivity contribution in [1.82, 2.24) is 0 Å². The number of nitrogens with zero attached hydrogens (tertiary/aromatic N) is 1. The van der Waals surface area contributed by atoms with Crippen LogP contribution in [0.4, 0.5) is 0 Å². The van der Waals surface area contributed by atoms with Gasteiger partial charge < -0.3 is 9.84 Å². The fourth-order valence-corrected chi connectivity index (χ4v) is 0.950. The highest BCUT2D eigenvalue weighted by Gasteiger charge is 2.01. The lowest BCUT2D eigenvalue weighted by Gasteiger charge is -2.01. The van der Waals surface area contributed by atoms with E-state index in [1.807, 2.05) is 6.07 Å². The lowest BCUT2D eigenvalue weighted by atomic mass is 10.1. The van der Waals surface area contributed by atoms with Crippen LogP contribution in [0.2, 0.25) is 0 Å². The smallest absolute Gasteiger partial charge is 0.116 e. The first-order valence-electron chi connectivity index (χ1n) is 3.49. The van der Waals surface area contributed by atoms with E-state index in [2.05, 4.69) is 0 Å². The Bertz CT molecular complexity index is 315. The first-order chi connectivity index (χ1) is 5.77. The maximum absolute atomic E-state index is 9.04. The van der Waals surface area contributed by atoms with Gasteiger partial charge in [0.2, 0.25) is 0 Å². The van der Waals surface area contributed by atoms with E-state index in [4.69, 9.17) is 15.1 Å². The third-order valence-corrected chi connectivity index (χ3v) is 1.51. The summed E-state index contributed by atoms with van der Waals surface area (Å²) < 4.78 is 4.88. The second-order valence-electron chi connectivity index (χ2n) is 2.39. The summed E-state index contributed by atoms with van der Waals surface area (Å²) >= 11 is 0. The lowest BCUT2D eigenvalue weighted by Crippen LogP contribution is -1.91. The minimum atomic E-state index is 0.103. The molecule has 12 heavy (non-hydrogen) atoms. The Labute approximate surface area is 70.8 Å². The van der Waals surface area contributed by atoms with Gasteiger partial charge in [-0.1, -0.05) is 6.07 Å². The molecule has 1 aromatic rings. The van der Waals surface area contributed by atoms with Crippen molar-refractivity contribution in [3.63, 3.8) is 0 Å². The fraction of sp³-hybridized carbons (Fsp3) is 0.222. The van der Waals surface area contributed by atoms with Gasteiger partial charge in [0, 0.05) is 7.11 Å². The molecule has 0 aliphatic carbocycles. The van der Waals surface area contributed by atoms with Crippen LogP contribution >= 0.6 is 0 Å². The number of aromatic hydroxyl groups is 1. The minimum absolute atomic E-state index is 0.103. The van der Waals surface area contributed by atoms with Gasteiger partial charge in [0.1, 0.15) is 5.75 Å². The summed E-state index contributed by atoms with van der Waals surface area (Å²) in [6, 6.07) is 6.62. The third-order valence-electron chi connectivity index (χ3n) is 1.51. The number of phenolic OH excluding ortho intramolecular Hbond substituents is 1. The highest BCUT2D eigenvalue weighted by molar-refractivity contribution is 5.42. The van der Waals surface area contributed by atoms with E-state index in [1.54, 1.807) is 13.2 Å². The molecule has 0 aliphatic heterocycles. The SMILES string of the molecule is COCc1ccc(O)cc1C#N. The summed E-state index contributed by atoms with van der Waals surface area (Å²) in [6.45, 7) is 0.392. The van der Waals surface area contributed by atoms with Gasteiger partial charge in [0.05, 0.1) is 18.2 Å². The molecule has 0 unspecified atom stereocenters. The quantitative estimate of drug-likeness (QED) is 0.717. The zero-order valence-corrected chi connectivity index (χ0v) is 6.74. The second kappa shape index (κ2) is 3.74. The first-order valence-corrected chi connectivity index (χ1v) is 3.49. The van der Waals surface area contributed by atoms with Gasteiger partial charge >= 0.3 is 0 Å². The van der Waals surface area contributed by atoms with Crippen LogP contribution in [-0.2, 0) is 11.3 Å². The zero-order chi connectivity index (χ0) is 8.97. The van der Waals surface area contributed by atoms with Crippen molar-refractivity contribution in [2.45, 2.75) is 6.61 Å². The molecule has 0 bridgehead atoms. The van der Waals surface area contributed by atoms with Crippen molar-refractivity contribution in [1.29, 1.82) is 5.26 Å². The van der Waals surface area contributed by atoms with Crippen molar-refractivity contribution >= 4 is 0 Å². The molecular weight excluding hydrogens is 154 g/mol.